The molecule has 1 saturated heterocycles. The lowest BCUT2D eigenvalue weighted by Crippen LogP contribution is -2.47. The van der Waals surface area contributed by atoms with Crippen molar-refractivity contribution in [2.75, 3.05) is 6.54 Å². The molecule has 144 valence electrons. The summed E-state index contributed by atoms with van der Waals surface area (Å²) in [7, 11) is 0. The lowest BCUT2D eigenvalue weighted by Gasteiger charge is -2.21. The molecule has 0 bridgehead atoms. The molecule has 1 fully saturated rings. The van der Waals surface area contributed by atoms with Gasteiger partial charge in [-0.05, 0) is 61.8 Å². The quantitative estimate of drug-likeness (QED) is 0.777. The van der Waals surface area contributed by atoms with Crippen molar-refractivity contribution < 1.29 is 9.59 Å². The second kappa shape index (κ2) is 7.62. The summed E-state index contributed by atoms with van der Waals surface area (Å²) in [5.41, 5.74) is 10.5. The molecule has 1 aromatic heterocycles. The Labute approximate surface area is 159 Å². The number of hydrogen-bond acceptors (Lipinski definition) is 2. The fraction of sp³-hybridized carbons (Fsp3) is 0.524. The molecule has 3 amide bonds. The molecule has 0 saturated carbocycles. The van der Waals surface area contributed by atoms with E-state index in [-0.39, 0.29) is 5.91 Å². The van der Waals surface area contributed by atoms with E-state index in [9.17, 15) is 9.59 Å². The first-order valence-corrected chi connectivity index (χ1v) is 10.1. The monoisotopic (exact) mass is 368 g/mol. The number of rotatable bonds is 3. The minimum absolute atomic E-state index is 0.115. The summed E-state index contributed by atoms with van der Waals surface area (Å²) in [5.74, 6) is -0.115. The SMILES string of the molecule is NC(=O)N1CCCC1C(=O)NCc1ccc2[nH]c3c(c2c1)CCCCCC3. The molecule has 4 rings (SSSR count). The van der Waals surface area contributed by atoms with Crippen LogP contribution < -0.4 is 11.1 Å². The van der Waals surface area contributed by atoms with Gasteiger partial charge in [-0.2, -0.15) is 0 Å². The Balaban J connectivity index is 1.48. The van der Waals surface area contributed by atoms with Gasteiger partial charge in [-0.3, -0.25) is 4.79 Å². The third-order valence-corrected chi connectivity index (χ3v) is 5.97. The Kier molecular flexibility index (Phi) is 5.05. The molecule has 1 aliphatic carbocycles. The molecule has 1 aliphatic heterocycles. The van der Waals surface area contributed by atoms with Gasteiger partial charge in [-0.25, -0.2) is 4.79 Å². The van der Waals surface area contributed by atoms with Crippen molar-refractivity contribution in [3.8, 4) is 0 Å². The highest BCUT2D eigenvalue weighted by molar-refractivity contribution is 5.88. The number of carbonyl (C=O) groups is 2. The second-order valence-corrected chi connectivity index (χ2v) is 7.78. The van der Waals surface area contributed by atoms with Gasteiger partial charge in [0.1, 0.15) is 6.04 Å². The molecule has 2 aliphatic rings. The number of likely N-dealkylation sites (tertiary alicyclic amines) is 1. The minimum Gasteiger partial charge on any atom is -0.358 e. The van der Waals surface area contributed by atoms with E-state index in [0.717, 1.165) is 24.8 Å². The third kappa shape index (κ3) is 3.66. The normalized spacial score (nSPS) is 20.1. The molecule has 2 aromatic rings. The number of fused-ring (bicyclic) bond motifs is 3. The Morgan fingerprint density at radius 1 is 1.15 bits per heavy atom. The number of H-pyrrole nitrogens is 1. The van der Waals surface area contributed by atoms with Gasteiger partial charge in [-0.15, -0.1) is 0 Å². The number of aromatic nitrogens is 1. The van der Waals surface area contributed by atoms with Crippen molar-refractivity contribution in [3.05, 3.63) is 35.0 Å². The highest BCUT2D eigenvalue weighted by Crippen LogP contribution is 2.28. The minimum atomic E-state index is -0.514. The first-order valence-electron chi connectivity index (χ1n) is 10.1. The number of hydrogen-bond donors (Lipinski definition) is 3. The van der Waals surface area contributed by atoms with Crippen LogP contribution in [0.25, 0.3) is 10.9 Å². The standard InChI is InChI=1S/C21H28N4O2/c22-21(27)25-11-5-8-19(25)20(26)23-13-14-9-10-18-16(12-14)15-6-3-1-2-4-7-17(15)24-18/h9-10,12,19,24H,1-8,11,13H2,(H2,22,27)(H,23,26). The molecule has 27 heavy (non-hydrogen) atoms. The van der Waals surface area contributed by atoms with Crippen molar-refractivity contribution in [3.63, 3.8) is 0 Å². The fourth-order valence-electron chi connectivity index (χ4n) is 4.53. The number of carbonyl (C=O) groups excluding carboxylic acids is 2. The van der Waals surface area contributed by atoms with E-state index in [0.29, 0.717) is 19.5 Å². The van der Waals surface area contributed by atoms with Crippen LogP contribution >= 0.6 is 0 Å². The lowest BCUT2D eigenvalue weighted by molar-refractivity contribution is -0.124. The maximum Gasteiger partial charge on any atom is 0.315 e. The number of urea groups is 1. The Morgan fingerprint density at radius 2 is 1.96 bits per heavy atom. The summed E-state index contributed by atoms with van der Waals surface area (Å²) in [4.78, 5) is 29.0. The smallest absolute Gasteiger partial charge is 0.315 e. The van der Waals surface area contributed by atoms with Crippen LogP contribution in [0.5, 0.6) is 0 Å². The molecule has 1 atom stereocenters. The van der Waals surface area contributed by atoms with Crippen LogP contribution in [0.4, 0.5) is 4.79 Å². The molecule has 1 aromatic carbocycles. The largest absolute Gasteiger partial charge is 0.358 e. The second-order valence-electron chi connectivity index (χ2n) is 7.78. The number of benzene rings is 1. The van der Waals surface area contributed by atoms with E-state index < -0.39 is 12.1 Å². The van der Waals surface area contributed by atoms with Gasteiger partial charge in [0.05, 0.1) is 0 Å². The number of nitrogens with one attached hydrogen (secondary N) is 2. The molecule has 1 unspecified atom stereocenters. The summed E-state index contributed by atoms with van der Waals surface area (Å²) in [5, 5.41) is 4.28. The van der Waals surface area contributed by atoms with Gasteiger partial charge in [0.2, 0.25) is 5.91 Å². The zero-order valence-corrected chi connectivity index (χ0v) is 15.7. The van der Waals surface area contributed by atoms with Crippen molar-refractivity contribution in [2.24, 2.45) is 5.73 Å². The zero-order chi connectivity index (χ0) is 18.8. The fourth-order valence-corrected chi connectivity index (χ4v) is 4.53. The summed E-state index contributed by atoms with van der Waals surface area (Å²) in [6.07, 6.45) is 8.87. The van der Waals surface area contributed by atoms with Crippen LogP contribution in [0.1, 0.15) is 55.3 Å². The molecule has 0 radical (unpaired) electrons. The molecule has 4 N–H and O–H groups in total. The Morgan fingerprint density at radius 3 is 2.78 bits per heavy atom. The number of nitrogens with zero attached hydrogens (tertiary/aromatic N) is 1. The van der Waals surface area contributed by atoms with Gasteiger partial charge in [0.25, 0.3) is 0 Å². The van der Waals surface area contributed by atoms with Gasteiger partial charge in [0, 0.05) is 29.7 Å². The van der Waals surface area contributed by atoms with Crippen LogP contribution in [0.3, 0.4) is 0 Å². The first kappa shape index (κ1) is 17.9. The topological polar surface area (TPSA) is 91.2 Å². The Hall–Kier alpha value is -2.50. The molecule has 2 heterocycles. The third-order valence-electron chi connectivity index (χ3n) is 5.97. The zero-order valence-electron chi connectivity index (χ0n) is 15.7. The van der Waals surface area contributed by atoms with E-state index in [1.807, 2.05) is 0 Å². The van der Waals surface area contributed by atoms with Crippen LogP contribution in [0.2, 0.25) is 0 Å². The van der Waals surface area contributed by atoms with Crippen molar-refractivity contribution >= 4 is 22.8 Å². The van der Waals surface area contributed by atoms with Crippen LogP contribution in [-0.2, 0) is 24.2 Å². The highest BCUT2D eigenvalue weighted by Gasteiger charge is 2.32. The van der Waals surface area contributed by atoms with E-state index in [1.165, 1.54) is 52.7 Å². The summed E-state index contributed by atoms with van der Waals surface area (Å²) < 4.78 is 0. The summed E-state index contributed by atoms with van der Waals surface area (Å²) in [6, 6.07) is 5.44. The predicted octanol–water partition coefficient (Wildman–Crippen LogP) is 2.99. The van der Waals surface area contributed by atoms with Crippen LogP contribution in [-0.4, -0.2) is 34.4 Å². The maximum atomic E-state index is 12.5. The van der Waals surface area contributed by atoms with Crippen molar-refractivity contribution in [1.29, 1.82) is 0 Å². The predicted molar refractivity (Wildman–Crippen MR) is 105 cm³/mol. The van der Waals surface area contributed by atoms with Crippen molar-refractivity contribution in [1.82, 2.24) is 15.2 Å². The number of aryl methyl sites for hydroxylation is 2. The lowest BCUT2D eigenvalue weighted by atomic mass is 9.96. The van der Waals surface area contributed by atoms with Gasteiger partial charge >= 0.3 is 6.03 Å². The summed E-state index contributed by atoms with van der Waals surface area (Å²) in [6.45, 7) is 1.03. The first-order chi connectivity index (χ1) is 13.1. The molecule has 6 heteroatoms. The number of amides is 3. The van der Waals surface area contributed by atoms with Gasteiger partial charge in [0.15, 0.2) is 0 Å². The van der Waals surface area contributed by atoms with Crippen LogP contribution in [0.15, 0.2) is 18.2 Å². The van der Waals surface area contributed by atoms with E-state index in [1.54, 1.807) is 0 Å². The highest BCUT2D eigenvalue weighted by atomic mass is 16.2. The molecule has 0 spiro atoms. The molecular weight excluding hydrogens is 340 g/mol. The number of aromatic amines is 1. The number of primary amides is 1. The van der Waals surface area contributed by atoms with Crippen LogP contribution in [0, 0.1) is 0 Å². The Bertz CT molecular complexity index is 857. The van der Waals surface area contributed by atoms with E-state index in [4.69, 9.17) is 5.73 Å². The van der Waals surface area contributed by atoms with Gasteiger partial charge < -0.3 is 20.9 Å². The molecular formula is C21H28N4O2. The average molecular weight is 368 g/mol. The average Bonchev–Trinajstić information content (AvgIpc) is 3.24. The maximum absolute atomic E-state index is 12.5. The van der Waals surface area contributed by atoms with E-state index >= 15 is 0 Å². The summed E-state index contributed by atoms with van der Waals surface area (Å²) >= 11 is 0. The molecule has 6 nitrogen and oxygen atoms in total. The van der Waals surface area contributed by atoms with E-state index in [2.05, 4.69) is 28.5 Å². The number of nitrogens with two attached hydrogens (primary N) is 1. The van der Waals surface area contributed by atoms with Crippen molar-refractivity contribution in [2.45, 2.75) is 64.0 Å². The van der Waals surface area contributed by atoms with Gasteiger partial charge in [-0.1, -0.05) is 18.9 Å².